The number of pyridine rings is 1. The number of halogens is 1. The predicted molar refractivity (Wildman–Crippen MR) is 54.5 cm³/mol. The van der Waals surface area contributed by atoms with Gasteiger partial charge in [0.05, 0.1) is 11.6 Å². The molecule has 0 spiro atoms. The fourth-order valence-electron chi connectivity index (χ4n) is 0.814. The topological polar surface area (TPSA) is 68.3 Å². The molecule has 1 aromatic rings. The van der Waals surface area contributed by atoms with E-state index in [-0.39, 0.29) is 12.4 Å². The molecule has 5 nitrogen and oxygen atoms in total. The van der Waals surface area contributed by atoms with E-state index in [4.69, 9.17) is 11.6 Å². The molecule has 80 valence electrons. The van der Waals surface area contributed by atoms with Crippen molar-refractivity contribution in [3.8, 4) is 0 Å². The maximum Gasteiger partial charge on any atom is 0.397 e. The van der Waals surface area contributed by atoms with Crippen molar-refractivity contribution < 1.29 is 14.3 Å². The largest absolute Gasteiger partial charge is 0.459 e. The second-order valence-corrected chi connectivity index (χ2v) is 2.97. The molecule has 0 radical (unpaired) electrons. The number of amides is 1. The van der Waals surface area contributed by atoms with Crippen LogP contribution < -0.4 is 5.32 Å². The van der Waals surface area contributed by atoms with E-state index >= 15 is 0 Å². The lowest BCUT2D eigenvalue weighted by atomic mass is 10.4. The molecule has 0 aliphatic carbocycles. The Morgan fingerprint density at radius 2 is 2.27 bits per heavy atom. The Morgan fingerprint density at radius 3 is 2.80 bits per heavy atom. The molecule has 1 amide bonds. The van der Waals surface area contributed by atoms with Crippen LogP contribution in [-0.2, 0) is 14.3 Å². The summed E-state index contributed by atoms with van der Waals surface area (Å²) in [5, 5.41) is 2.72. The molecule has 0 unspecified atom stereocenters. The average molecular weight is 229 g/mol. The Morgan fingerprint density at radius 1 is 1.53 bits per heavy atom. The molecule has 0 saturated heterocycles. The zero-order valence-electron chi connectivity index (χ0n) is 7.99. The standard InChI is InChI=1S/C9H9ClN2O3/c1-2-15-9(14)8(13)12-7-4-3-6(10)5-11-7/h3-5H,2H2,1H3,(H,11,12,13). The van der Waals surface area contributed by atoms with Crippen LogP contribution in [0.25, 0.3) is 0 Å². The summed E-state index contributed by atoms with van der Waals surface area (Å²) in [6.45, 7) is 1.77. The first kappa shape index (κ1) is 11.5. The highest BCUT2D eigenvalue weighted by Gasteiger charge is 2.14. The normalized spacial score (nSPS) is 9.47. The minimum absolute atomic E-state index is 0.153. The summed E-state index contributed by atoms with van der Waals surface area (Å²) < 4.78 is 4.49. The van der Waals surface area contributed by atoms with Crippen LogP contribution in [0.5, 0.6) is 0 Å². The highest BCUT2D eigenvalue weighted by molar-refractivity contribution is 6.37. The molecule has 15 heavy (non-hydrogen) atoms. The van der Waals surface area contributed by atoms with Gasteiger partial charge in [0, 0.05) is 6.20 Å². The minimum atomic E-state index is -0.936. The fourth-order valence-corrected chi connectivity index (χ4v) is 0.926. The van der Waals surface area contributed by atoms with E-state index in [1.807, 2.05) is 0 Å². The van der Waals surface area contributed by atoms with Gasteiger partial charge in [-0.3, -0.25) is 4.79 Å². The summed E-state index contributed by atoms with van der Waals surface area (Å²) in [4.78, 5) is 25.8. The molecule has 0 aromatic carbocycles. The van der Waals surface area contributed by atoms with E-state index in [1.165, 1.54) is 12.3 Å². The number of ether oxygens (including phenoxy) is 1. The van der Waals surface area contributed by atoms with E-state index in [2.05, 4.69) is 15.0 Å². The summed E-state index contributed by atoms with van der Waals surface area (Å²) in [5.74, 6) is -1.54. The van der Waals surface area contributed by atoms with Crippen LogP contribution in [0.15, 0.2) is 18.3 Å². The van der Waals surface area contributed by atoms with Crippen LogP contribution in [0.1, 0.15) is 6.92 Å². The Bertz CT molecular complexity index is 364. The maximum atomic E-state index is 11.1. The Labute approximate surface area is 91.4 Å². The lowest BCUT2D eigenvalue weighted by molar-refractivity contribution is -0.152. The fraction of sp³-hybridized carbons (Fsp3) is 0.222. The number of carbonyl (C=O) groups is 2. The lowest BCUT2D eigenvalue weighted by Crippen LogP contribution is -2.25. The first-order chi connectivity index (χ1) is 7.13. The molecule has 6 heteroatoms. The zero-order valence-corrected chi connectivity index (χ0v) is 8.75. The number of hydrogen-bond donors (Lipinski definition) is 1. The van der Waals surface area contributed by atoms with Gasteiger partial charge in [-0.15, -0.1) is 0 Å². The van der Waals surface area contributed by atoms with Gasteiger partial charge in [0.25, 0.3) is 0 Å². The number of esters is 1. The van der Waals surface area contributed by atoms with Gasteiger partial charge >= 0.3 is 11.9 Å². The van der Waals surface area contributed by atoms with Gasteiger partial charge in [-0.2, -0.15) is 0 Å². The maximum absolute atomic E-state index is 11.1. The van der Waals surface area contributed by atoms with Crippen molar-refractivity contribution in [2.75, 3.05) is 11.9 Å². The highest BCUT2D eigenvalue weighted by Crippen LogP contribution is 2.09. The summed E-state index contributed by atoms with van der Waals surface area (Å²) in [6, 6.07) is 3.04. The van der Waals surface area contributed by atoms with Gasteiger partial charge < -0.3 is 10.1 Å². The molecule has 1 N–H and O–H groups in total. The molecule has 0 aliphatic rings. The van der Waals surface area contributed by atoms with E-state index in [0.717, 1.165) is 0 Å². The molecular weight excluding hydrogens is 220 g/mol. The predicted octanol–water partition coefficient (Wildman–Crippen LogP) is 1.24. The van der Waals surface area contributed by atoms with Crippen LogP contribution in [0.3, 0.4) is 0 Å². The molecule has 1 rings (SSSR count). The monoisotopic (exact) mass is 228 g/mol. The number of nitrogens with one attached hydrogen (secondary N) is 1. The minimum Gasteiger partial charge on any atom is -0.459 e. The van der Waals surface area contributed by atoms with Crippen molar-refractivity contribution in [1.29, 1.82) is 0 Å². The Balaban J connectivity index is 2.58. The van der Waals surface area contributed by atoms with Gasteiger partial charge in [-0.25, -0.2) is 9.78 Å². The Hall–Kier alpha value is -1.62. The number of carbonyl (C=O) groups excluding carboxylic acids is 2. The molecular formula is C9H9ClN2O3. The van der Waals surface area contributed by atoms with E-state index in [0.29, 0.717) is 5.02 Å². The number of anilines is 1. The first-order valence-corrected chi connectivity index (χ1v) is 4.61. The van der Waals surface area contributed by atoms with Crippen LogP contribution in [0.2, 0.25) is 5.02 Å². The molecule has 0 bridgehead atoms. The number of aromatic nitrogens is 1. The van der Waals surface area contributed by atoms with Crippen LogP contribution in [-0.4, -0.2) is 23.5 Å². The summed E-state index contributed by atoms with van der Waals surface area (Å²) >= 11 is 5.59. The van der Waals surface area contributed by atoms with Gasteiger partial charge in [-0.1, -0.05) is 11.6 Å². The van der Waals surface area contributed by atoms with E-state index in [1.54, 1.807) is 13.0 Å². The third kappa shape index (κ3) is 3.55. The molecule has 1 aromatic heterocycles. The lowest BCUT2D eigenvalue weighted by Gasteiger charge is -2.03. The van der Waals surface area contributed by atoms with Crippen molar-refractivity contribution in [3.63, 3.8) is 0 Å². The van der Waals surface area contributed by atoms with Crippen LogP contribution >= 0.6 is 11.6 Å². The van der Waals surface area contributed by atoms with E-state index in [9.17, 15) is 9.59 Å². The quantitative estimate of drug-likeness (QED) is 0.611. The first-order valence-electron chi connectivity index (χ1n) is 4.23. The summed E-state index contributed by atoms with van der Waals surface area (Å²) in [6.07, 6.45) is 1.36. The van der Waals surface area contributed by atoms with Gasteiger partial charge in [0.15, 0.2) is 0 Å². The Kier molecular flexibility index (Phi) is 4.05. The molecule has 1 heterocycles. The average Bonchev–Trinajstić information content (AvgIpc) is 2.22. The number of nitrogens with zero attached hydrogens (tertiary/aromatic N) is 1. The van der Waals surface area contributed by atoms with Gasteiger partial charge in [0.2, 0.25) is 0 Å². The SMILES string of the molecule is CCOC(=O)C(=O)Nc1ccc(Cl)cn1. The summed E-state index contributed by atoms with van der Waals surface area (Å²) in [5.41, 5.74) is 0. The molecule has 0 fully saturated rings. The second kappa shape index (κ2) is 5.31. The highest BCUT2D eigenvalue weighted by atomic mass is 35.5. The van der Waals surface area contributed by atoms with Crippen LogP contribution in [0.4, 0.5) is 5.82 Å². The number of hydrogen-bond acceptors (Lipinski definition) is 4. The third-order valence-corrected chi connectivity index (χ3v) is 1.65. The second-order valence-electron chi connectivity index (χ2n) is 2.54. The number of rotatable bonds is 2. The molecule has 0 saturated carbocycles. The van der Waals surface area contributed by atoms with Crippen molar-refractivity contribution in [2.24, 2.45) is 0 Å². The molecule has 0 aliphatic heterocycles. The summed E-state index contributed by atoms with van der Waals surface area (Å²) in [7, 11) is 0. The van der Waals surface area contributed by atoms with Crippen molar-refractivity contribution >= 4 is 29.3 Å². The van der Waals surface area contributed by atoms with Crippen molar-refractivity contribution in [1.82, 2.24) is 4.98 Å². The molecule has 0 atom stereocenters. The van der Waals surface area contributed by atoms with Gasteiger partial charge in [-0.05, 0) is 19.1 Å². The van der Waals surface area contributed by atoms with Crippen molar-refractivity contribution in [3.05, 3.63) is 23.4 Å². The third-order valence-electron chi connectivity index (χ3n) is 1.43. The van der Waals surface area contributed by atoms with Gasteiger partial charge in [0.1, 0.15) is 5.82 Å². The van der Waals surface area contributed by atoms with Crippen molar-refractivity contribution in [2.45, 2.75) is 6.92 Å². The van der Waals surface area contributed by atoms with Crippen LogP contribution in [0, 0.1) is 0 Å². The van der Waals surface area contributed by atoms with E-state index < -0.39 is 11.9 Å². The smallest absolute Gasteiger partial charge is 0.397 e. The zero-order chi connectivity index (χ0) is 11.3.